The number of anilines is 3. The molecular weight excluding hydrogens is 482 g/mol. The van der Waals surface area contributed by atoms with Gasteiger partial charge in [-0.25, -0.2) is 23.1 Å². The fourth-order valence-corrected chi connectivity index (χ4v) is 6.16. The van der Waals surface area contributed by atoms with Crippen molar-refractivity contribution < 1.29 is 8.42 Å². The molecule has 182 valence electrons. The van der Waals surface area contributed by atoms with Crippen molar-refractivity contribution >= 4 is 51.3 Å². The zero-order valence-corrected chi connectivity index (χ0v) is 20.6. The predicted octanol–water partition coefficient (Wildman–Crippen LogP) is 3.18. The second kappa shape index (κ2) is 10.3. The van der Waals surface area contributed by atoms with Gasteiger partial charge < -0.3 is 21.7 Å². The summed E-state index contributed by atoms with van der Waals surface area (Å²) in [4.78, 5) is 10.1. The Balaban J connectivity index is 1.19. The fraction of sp³-hybridized carbons (Fsp3) is 0.250. The summed E-state index contributed by atoms with van der Waals surface area (Å²) in [6.45, 7) is 1.65. The summed E-state index contributed by atoms with van der Waals surface area (Å²) in [7, 11) is -3.55. The number of rotatable bonds is 7. The first-order valence-corrected chi connectivity index (χ1v) is 13.7. The van der Waals surface area contributed by atoms with Crippen molar-refractivity contribution in [1.82, 2.24) is 20.0 Å². The van der Waals surface area contributed by atoms with Crippen LogP contribution in [0.4, 0.5) is 17.3 Å². The molecule has 0 saturated carbocycles. The summed E-state index contributed by atoms with van der Waals surface area (Å²) in [5, 5.41) is 9.54. The number of hydrogen-bond acceptors (Lipinski definition) is 9. The molecule has 0 aliphatic carbocycles. The van der Waals surface area contributed by atoms with Crippen molar-refractivity contribution in [3.63, 3.8) is 0 Å². The molecule has 1 fully saturated rings. The Hall–Kier alpha value is -2.96. The van der Waals surface area contributed by atoms with Crippen LogP contribution in [0.5, 0.6) is 0 Å². The Kier molecular flexibility index (Phi) is 7.02. The second-order valence-corrected chi connectivity index (χ2v) is 11.3. The number of sulfonamides is 1. The van der Waals surface area contributed by atoms with E-state index in [9.17, 15) is 8.42 Å². The molecule has 0 amide bonds. The van der Waals surface area contributed by atoms with Gasteiger partial charge in [0.2, 0.25) is 16.0 Å². The zero-order valence-electron chi connectivity index (χ0n) is 18.9. The van der Waals surface area contributed by atoms with E-state index in [1.807, 2.05) is 24.3 Å². The maximum atomic E-state index is 12.6. The minimum atomic E-state index is -3.55. The first-order valence-electron chi connectivity index (χ1n) is 11.4. The van der Waals surface area contributed by atoms with Crippen LogP contribution >= 0.6 is 11.8 Å². The van der Waals surface area contributed by atoms with Crippen LogP contribution in [-0.2, 0) is 10.0 Å². The van der Waals surface area contributed by atoms with E-state index >= 15 is 0 Å². The minimum Gasteiger partial charge on any atom is -0.360 e. The molecule has 35 heavy (non-hydrogen) atoms. The number of nitrogens with two attached hydrogens (primary N) is 1. The average molecular weight is 510 g/mol. The molecule has 6 N–H and O–H groups in total. The van der Waals surface area contributed by atoms with Crippen molar-refractivity contribution in [3.8, 4) is 0 Å². The molecule has 9 nitrogen and oxygen atoms in total. The van der Waals surface area contributed by atoms with E-state index in [4.69, 9.17) is 5.73 Å². The number of nitrogens with zero attached hydrogens (tertiary/aromatic N) is 2. The molecule has 1 atom stereocenters. The highest BCUT2D eigenvalue weighted by Gasteiger charge is 2.21. The molecule has 3 aromatic rings. The third-order valence-corrected chi connectivity index (χ3v) is 8.28. The number of hydrogen-bond donors (Lipinski definition) is 5. The van der Waals surface area contributed by atoms with Crippen molar-refractivity contribution in [2.45, 2.75) is 34.2 Å². The Morgan fingerprint density at radius 2 is 1.71 bits per heavy atom. The van der Waals surface area contributed by atoms with Crippen LogP contribution in [0.2, 0.25) is 0 Å². The van der Waals surface area contributed by atoms with Crippen molar-refractivity contribution in [2.75, 3.05) is 23.7 Å². The molecule has 1 saturated heterocycles. The fourth-order valence-electron chi connectivity index (χ4n) is 3.93. The molecule has 2 aliphatic rings. The molecule has 5 rings (SSSR count). The Morgan fingerprint density at radius 3 is 2.46 bits per heavy atom. The molecule has 11 heteroatoms. The Morgan fingerprint density at radius 1 is 1.00 bits per heavy atom. The van der Waals surface area contributed by atoms with Crippen LogP contribution in [0, 0.1) is 0 Å². The Labute approximate surface area is 209 Å². The van der Waals surface area contributed by atoms with Gasteiger partial charge in [0.25, 0.3) is 0 Å². The zero-order chi connectivity index (χ0) is 24.3. The number of thioether (sulfide) groups is 1. The van der Waals surface area contributed by atoms with Crippen LogP contribution in [-0.4, -0.2) is 43.0 Å². The van der Waals surface area contributed by atoms with Crippen molar-refractivity contribution in [1.29, 1.82) is 0 Å². The van der Waals surface area contributed by atoms with Gasteiger partial charge >= 0.3 is 0 Å². The van der Waals surface area contributed by atoms with Gasteiger partial charge in [-0.2, -0.15) is 0 Å². The van der Waals surface area contributed by atoms with Crippen LogP contribution in [0.1, 0.15) is 24.0 Å². The number of fused-ring (bicyclic) bond motifs is 1. The molecule has 0 spiro atoms. The van der Waals surface area contributed by atoms with Crippen molar-refractivity contribution in [2.24, 2.45) is 5.73 Å². The highest BCUT2D eigenvalue weighted by atomic mass is 32.2. The maximum absolute atomic E-state index is 12.6. The third-order valence-electron chi connectivity index (χ3n) is 5.78. The van der Waals surface area contributed by atoms with Crippen molar-refractivity contribution in [3.05, 3.63) is 66.0 Å². The van der Waals surface area contributed by atoms with E-state index in [1.165, 1.54) is 0 Å². The predicted molar refractivity (Wildman–Crippen MR) is 141 cm³/mol. The van der Waals surface area contributed by atoms with E-state index in [0.29, 0.717) is 11.6 Å². The number of piperidine rings is 1. The second-order valence-electron chi connectivity index (χ2n) is 8.41. The maximum Gasteiger partial charge on any atom is 0.240 e. The molecule has 1 aromatic heterocycles. The van der Waals surface area contributed by atoms with Gasteiger partial charge in [0, 0.05) is 40.3 Å². The topological polar surface area (TPSA) is 134 Å². The average Bonchev–Trinajstić information content (AvgIpc) is 3.23. The van der Waals surface area contributed by atoms with Gasteiger partial charge in [0.1, 0.15) is 5.50 Å². The molecule has 2 aromatic carbocycles. The lowest BCUT2D eigenvalue weighted by molar-refractivity contribution is 0.427. The largest absolute Gasteiger partial charge is 0.360 e. The standard InChI is InChI=1S/C24H27N7O2S2/c25-23-30-21-8-3-16(13-22(21)34-23)1-2-17-14-27-24(28-15-17)29-18-4-6-20(7-5-18)35(32,33)31-19-9-11-26-12-10-19/h1-8,13-15,19,23,26,30-31H,9-12,25H2,(H,27,28,29)/b2-1+. The monoisotopic (exact) mass is 509 g/mol. The summed E-state index contributed by atoms with van der Waals surface area (Å²) in [6, 6.07) is 12.7. The normalized spacial score (nSPS) is 18.4. The van der Waals surface area contributed by atoms with Crippen LogP contribution in [0.25, 0.3) is 12.2 Å². The van der Waals surface area contributed by atoms with Gasteiger partial charge in [0.15, 0.2) is 0 Å². The smallest absolute Gasteiger partial charge is 0.240 e. The van der Waals surface area contributed by atoms with Gasteiger partial charge in [-0.1, -0.05) is 30.0 Å². The lowest BCUT2D eigenvalue weighted by Crippen LogP contribution is -2.42. The van der Waals surface area contributed by atoms with Crippen LogP contribution < -0.4 is 26.4 Å². The van der Waals surface area contributed by atoms with E-state index < -0.39 is 10.0 Å². The van der Waals surface area contributed by atoms with Gasteiger partial charge in [0.05, 0.1) is 4.90 Å². The van der Waals surface area contributed by atoms with E-state index in [-0.39, 0.29) is 16.4 Å². The molecule has 3 heterocycles. The first-order chi connectivity index (χ1) is 16.9. The van der Waals surface area contributed by atoms with E-state index in [1.54, 1.807) is 48.4 Å². The van der Waals surface area contributed by atoms with Gasteiger partial charge in [-0.05, 0) is 67.9 Å². The summed E-state index contributed by atoms with van der Waals surface area (Å²) in [5.74, 6) is 0.430. The summed E-state index contributed by atoms with van der Waals surface area (Å²) in [5.41, 5.74) is 9.50. The minimum absolute atomic E-state index is 0.0306. The van der Waals surface area contributed by atoms with Crippen LogP contribution in [0.3, 0.4) is 0 Å². The Bertz CT molecular complexity index is 1310. The van der Waals surface area contributed by atoms with Crippen LogP contribution in [0.15, 0.2) is 64.6 Å². The highest BCUT2D eigenvalue weighted by molar-refractivity contribution is 8.00. The molecule has 1 unspecified atom stereocenters. The quantitative estimate of drug-likeness (QED) is 0.325. The van der Waals surface area contributed by atoms with Gasteiger partial charge in [-0.3, -0.25) is 0 Å². The summed E-state index contributed by atoms with van der Waals surface area (Å²) in [6.07, 6.45) is 9.00. The van der Waals surface area contributed by atoms with E-state index in [2.05, 4.69) is 36.7 Å². The molecule has 0 radical (unpaired) electrons. The lowest BCUT2D eigenvalue weighted by Gasteiger charge is -2.23. The number of aromatic nitrogens is 2. The molecule has 2 aliphatic heterocycles. The summed E-state index contributed by atoms with van der Waals surface area (Å²) >= 11 is 1.60. The van der Waals surface area contributed by atoms with Gasteiger partial charge in [-0.15, -0.1) is 0 Å². The SMILES string of the molecule is NC1Nc2ccc(/C=C/c3cnc(Nc4ccc(S(=O)(=O)NC5CCNCC5)cc4)nc3)cc2S1. The number of nitrogens with one attached hydrogen (secondary N) is 4. The number of benzene rings is 2. The third kappa shape index (κ3) is 6.00. The molecular formula is C24H27N7O2S2. The first kappa shape index (κ1) is 23.8. The lowest BCUT2D eigenvalue weighted by atomic mass is 10.1. The molecule has 0 bridgehead atoms. The van der Waals surface area contributed by atoms with E-state index in [0.717, 1.165) is 47.6 Å². The summed E-state index contributed by atoms with van der Waals surface area (Å²) < 4.78 is 28.1. The highest BCUT2D eigenvalue weighted by Crippen LogP contribution is 2.37.